The standard InChI is InChI=1S/C49H67N3O7/c1-2-3-6-11-32-16-17-36(45(56)24-32)14-9-5-10-15-42(48(57)58)44(55)18-20-49(59)31-34(22-33-19-21-51-46(50)25-33)23-38(49)28-39-29-43(35-12-7-4-8-13-35)47(52-39)37-26-40(53)30-41(54)27-37/h4,7-8,12-13,16-17,19,25-27,29-30,32,34,36,38,42,44-45,51-56,59H,2-3,5-6,9-11,14-15,18,20-24,28,31,50H2,1H3,(H,57,58). The minimum atomic E-state index is -1.15. The van der Waals surface area contributed by atoms with E-state index in [1.54, 1.807) is 12.1 Å². The zero-order chi connectivity index (χ0) is 41.9. The van der Waals surface area contributed by atoms with Gasteiger partial charge in [-0.25, -0.2) is 0 Å². The fourth-order valence-corrected chi connectivity index (χ4v) is 10.0. The number of aliphatic hydroxyl groups excluding tert-OH is 2. The summed E-state index contributed by atoms with van der Waals surface area (Å²) in [6, 6.07) is 16.5. The van der Waals surface area contributed by atoms with Gasteiger partial charge in [-0.15, -0.1) is 0 Å². The van der Waals surface area contributed by atoms with Crippen molar-refractivity contribution in [2.24, 2.45) is 35.3 Å². The van der Waals surface area contributed by atoms with Crippen LogP contribution in [0.1, 0.15) is 109 Å². The first-order chi connectivity index (χ1) is 28.4. The molecule has 59 heavy (non-hydrogen) atoms. The molecule has 1 fully saturated rings. The molecule has 1 saturated carbocycles. The highest BCUT2D eigenvalue weighted by molar-refractivity contribution is 5.83. The summed E-state index contributed by atoms with van der Waals surface area (Å²) in [5.74, 6) is -0.853. The average Bonchev–Trinajstić information content (AvgIpc) is 3.76. The summed E-state index contributed by atoms with van der Waals surface area (Å²) in [4.78, 5) is 16.0. The number of hydrogen-bond donors (Lipinski definition) is 9. The smallest absolute Gasteiger partial charge is 0.309 e. The van der Waals surface area contributed by atoms with E-state index in [0.717, 1.165) is 73.0 Å². The summed E-state index contributed by atoms with van der Waals surface area (Å²) in [6.45, 7) is 2.85. The Balaban J connectivity index is 1.11. The van der Waals surface area contributed by atoms with Crippen LogP contribution in [0.15, 0.2) is 90.3 Å². The highest BCUT2D eigenvalue weighted by Crippen LogP contribution is 2.48. The van der Waals surface area contributed by atoms with Crippen LogP contribution in [0, 0.1) is 29.6 Å². The van der Waals surface area contributed by atoms with Gasteiger partial charge < -0.3 is 46.7 Å². The topological polar surface area (TPSA) is 192 Å². The van der Waals surface area contributed by atoms with Gasteiger partial charge in [0, 0.05) is 35.3 Å². The van der Waals surface area contributed by atoms with E-state index in [2.05, 4.69) is 41.5 Å². The van der Waals surface area contributed by atoms with Gasteiger partial charge in [0.05, 0.1) is 35.2 Å². The van der Waals surface area contributed by atoms with Crippen molar-refractivity contribution >= 4 is 5.97 Å². The Labute approximate surface area is 350 Å². The number of nitrogens with one attached hydrogen (secondary N) is 2. The number of unbranched alkanes of at least 4 members (excludes halogenated alkanes) is 4. The first kappa shape index (κ1) is 44.1. The van der Waals surface area contributed by atoms with E-state index in [1.807, 2.05) is 36.4 Å². The van der Waals surface area contributed by atoms with Gasteiger partial charge in [0.15, 0.2) is 0 Å². The monoisotopic (exact) mass is 809 g/mol. The number of carboxylic acid groups (broad SMARTS) is 1. The Morgan fingerprint density at radius 3 is 2.39 bits per heavy atom. The molecule has 2 heterocycles. The van der Waals surface area contributed by atoms with Crippen molar-refractivity contribution in [1.29, 1.82) is 0 Å². The number of aromatic amines is 1. The molecule has 0 amide bonds. The Morgan fingerprint density at radius 2 is 1.68 bits per heavy atom. The van der Waals surface area contributed by atoms with Gasteiger partial charge in [-0.05, 0) is 117 Å². The van der Waals surface area contributed by atoms with Gasteiger partial charge in [-0.1, -0.05) is 94.0 Å². The number of benzene rings is 2. The molecule has 10 heteroatoms. The first-order valence-electron chi connectivity index (χ1n) is 22.1. The number of aromatic nitrogens is 1. The van der Waals surface area contributed by atoms with Crippen molar-refractivity contribution in [3.8, 4) is 33.9 Å². The number of aliphatic carboxylic acids is 1. The van der Waals surface area contributed by atoms with Gasteiger partial charge in [0.2, 0.25) is 0 Å². The minimum Gasteiger partial charge on any atom is -0.508 e. The molecule has 6 rings (SSSR count). The number of aliphatic hydroxyl groups is 3. The second kappa shape index (κ2) is 20.6. The number of nitrogens with two attached hydrogens (primary N) is 1. The SMILES string of the molecule is CCCCCC1C=CC(CCCCCC(C(=O)O)C(O)CCC2(O)CC(CC3=CCNC(N)=C3)CC2Cc2cc(-c3ccccc3)c(-c3cc(O)cc(O)c3)[nH]2)C(O)C1. The lowest BCUT2D eigenvalue weighted by Gasteiger charge is -2.32. The van der Waals surface area contributed by atoms with Crippen LogP contribution < -0.4 is 11.1 Å². The number of aromatic hydroxyl groups is 2. The highest BCUT2D eigenvalue weighted by atomic mass is 16.4. The molecule has 8 atom stereocenters. The van der Waals surface area contributed by atoms with E-state index >= 15 is 0 Å². The highest BCUT2D eigenvalue weighted by Gasteiger charge is 2.46. The molecular weight excluding hydrogens is 743 g/mol. The lowest BCUT2D eigenvalue weighted by molar-refractivity contribution is -0.146. The van der Waals surface area contributed by atoms with Crippen molar-refractivity contribution < 1.29 is 35.4 Å². The van der Waals surface area contributed by atoms with E-state index in [4.69, 9.17) is 5.73 Å². The maximum Gasteiger partial charge on any atom is 0.309 e. The van der Waals surface area contributed by atoms with E-state index < -0.39 is 23.6 Å². The molecule has 0 radical (unpaired) electrons. The van der Waals surface area contributed by atoms with Crippen LogP contribution in [0.4, 0.5) is 0 Å². The van der Waals surface area contributed by atoms with Gasteiger partial charge in [-0.3, -0.25) is 4.79 Å². The van der Waals surface area contributed by atoms with Crippen LogP contribution in [0.5, 0.6) is 11.5 Å². The molecule has 320 valence electrons. The summed E-state index contributed by atoms with van der Waals surface area (Å²) in [5.41, 5.74) is 10.2. The third-order valence-corrected chi connectivity index (χ3v) is 13.2. The Morgan fingerprint density at radius 1 is 0.915 bits per heavy atom. The summed E-state index contributed by atoms with van der Waals surface area (Å²) >= 11 is 0. The number of carboxylic acids is 1. The van der Waals surface area contributed by atoms with Gasteiger partial charge in [0.25, 0.3) is 0 Å². The lowest BCUT2D eigenvalue weighted by atomic mass is 9.80. The van der Waals surface area contributed by atoms with Crippen LogP contribution in [0.2, 0.25) is 0 Å². The normalized spacial score (nSPS) is 25.3. The van der Waals surface area contributed by atoms with Crippen LogP contribution >= 0.6 is 0 Å². The Bertz CT molecular complexity index is 1900. The fraction of sp³-hybridized carbons (Fsp3) is 0.531. The van der Waals surface area contributed by atoms with Crippen LogP contribution in [-0.4, -0.2) is 65.9 Å². The number of hydrogen-bond acceptors (Lipinski definition) is 8. The molecule has 2 aliphatic carbocycles. The molecule has 2 aromatic carbocycles. The fourth-order valence-electron chi connectivity index (χ4n) is 10.0. The summed E-state index contributed by atoms with van der Waals surface area (Å²) < 4.78 is 0. The molecular formula is C49H67N3O7. The number of H-pyrrole nitrogens is 1. The third-order valence-electron chi connectivity index (χ3n) is 13.2. The van der Waals surface area contributed by atoms with Crippen molar-refractivity contribution in [2.45, 2.75) is 127 Å². The molecule has 1 aromatic heterocycles. The van der Waals surface area contributed by atoms with Gasteiger partial charge in [0.1, 0.15) is 11.5 Å². The molecule has 3 aliphatic rings. The van der Waals surface area contributed by atoms with E-state index in [0.29, 0.717) is 49.5 Å². The van der Waals surface area contributed by atoms with Gasteiger partial charge >= 0.3 is 5.97 Å². The molecule has 10 N–H and O–H groups in total. The maximum atomic E-state index is 12.5. The summed E-state index contributed by atoms with van der Waals surface area (Å²) in [7, 11) is 0. The largest absolute Gasteiger partial charge is 0.508 e. The number of phenolic OH excluding ortho intramolecular Hbond substituents is 2. The molecule has 0 bridgehead atoms. The van der Waals surface area contributed by atoms with E-state index in [-0.39, 0.29) is 48.2 Å². The molecule has 0 spiro atoms. The van der Waals surface area contributed by atoms with E-state index in [1.165, 1.54) is 25.3 Å². The van der Waals surface area contributed by atoms with Crippen LogP contribution in [0.25, 0.3) is 22.4 Å². The summed E-state index contributed by atoms with van der Waals surface area (Å²) in [6.07, 6.45) is 19.3. The number of rotatable bonds is 21. The zero-order valence-corrected chi connectivity index (χ0v) is 34.7. The number of allylic oxidation sites excluding steroid dienone is 3. The van der Waals surface area contributed by atoms with Crippen molar-refractivity contribution in [3.05, 3.63) is 96.0 Å². The number of dihydropyridines is 1. The third kappa shape index (κ3) is 12.0. The van der Waals surface area contributed by atoms with Crippen molar-refractivity contribution in [2.75, 3.05) is 6.54 Å². The van der Waals surface area contributed by atoms with Crippen molar-refractivity contribution in [3.63, 3.8) is 0 Å². The Kier molecular flexibility index (Phi) is 15.4. The zero-order valence-electron chi connectivity index (χ0n) is 34.7. The average molecular weight is 810 g/mol. The minimum absolute atomic E-state index is 0.0499. The number of phenols is 2. The first-order valence-corrected chi connectivity index (χ1v) is 22.1. The molecule has 10 nitrogen and oxygen atoms in total. The van der Waals surface area contributed by atoms with E-state index in [9.17, 15) is 35.4 Å². The summed E-state index contributed by atoms with van der Waals surface area (Å²) in [5, 5.41) is 68.8. The van der Waals surface area contributed by atoms with Gasteiger partial charge in [-0.2, -0.15) is 0 Å². The van der Waals surface area contributed by atoms with Crippen LogP contribution in [-0.2, 0) is 11.2 Å². The molecule has 1 aliphatic heterocycles. The molecule has 0 saturated heterocycles. The maximum absolute atomic E-state index is 12.5. The Hall–Kier alpha value is -4.51. The van der Waals surface area contributed by atoms with Crippen LogP contribution in [0.3, 0.4) is 0 Å². The predicted molar refractivity (Wildman–Crippen MR) is 233 cm³/mol. The quantitative estimate of drug-likeness (QED) is 0.0374. The predicted octanol–water partition coefficient (Wildman–Crippen LogP) is 8.71. The lowest BCUT2D eigenvalue weighted by Crippen LogP contribution is -2.37. The molecule has 8 unspecified atom stereocenters. The molecule has 3 aromatic rings. The second-order valence-corrected chi connectivity index (χ2v) is 17.8. The second-order valence-electron chi connectivity index (χ2n) is 17.8. The number of carbonyl (C=O) groups is 1. The van der Waals surface area contributed by atoms with Crippen molar-refractivity contribution in [1.82, 2.24) is 10.3 Å².